The van der Waals surface area contributed by atoms with Crippen molar-refractivity contribution in [3.63, 3.8) is 0 Å². The van der Waals surface area contributed by atoms with Crippen LogP contribution in [0.1, 0.15) is 25.3 Å². The van der Waals surface area contributed by atoms with Crippen molar-refractivity contribution in [3.05, 3.63) is 66.2 Å². The van der Waals surface area contributed by atoms with Gasteiger partial charge in [0.25, 0.3) is 0 Å². The molecule has 1 aromatic heterocycles. The summed E-state index contributed by atoms with van der Waals surface area (Å²) in [6.07, 6.45) is 0. The minimum atomic E-state index is 0.558. The van der Waals surface area contributed by atoms with Crippen molar-refractivity contribution in [2.24, 2.45) is 0 Å². The minimum absolute atomic E-state index is 0.558. The summed E-state index contributed by atoms with van der Waals surface area (Å²) in [5, 5.41) is 7.52. The molecular formula is C18H18N2. The molecule has 3 aromatic rings. The summed E-state index contributed by atoms with van der Waals surface area (Å²) in [6.45, 7) is 4.41. The van der Waals surface area contributed by atoms with Crippen molar-refractivity contribution in [3.8, 4) is 22.5 Å². The molecule has 0 saturated heterocycles. The highest BCUT2D eigenvalue weighted by Gasteiger charge is 2.06. The first-order chi connectivity index (χ1) is 9.74. The molecule has 0 radical (unpaired) electrons. The third-order valence-corrected chi connectivity index (χ3v) is 3.54. The number of hydrogen-bond acceptors (Lipinski definition) is 1. The summed E-state index contributed by atoms with van der Waals surface area (Å²) in [7, 11) is 0. The third kappa shape index (κ3) is 2.50. The van der Waals surface area contributed by atoms with Crippen LogP contribution in [-0.4, -0.2) is 10.2 Å². The number of rotatable bonds is 3. The Kier molecular flexibility index (Phi) is 3.38. The molecule has 3 rings (SSSR count). The van der Waals surface area contributed by atoms with E-state index in [1.54, 1.807) is 0 Å². The van der Waals surface area contributed by atoms with E-state index in [9.17, 15) is 0 Å². The SMILES string of the molecule is CC(C)c1ccc(-c2cc(-c3ccccc3)[nH]n2)cc1. The molecular weight excluding hydrogens is 244 g/mol. The first kappa shape index (κ1) is 12.7. The zero-order chi connectivity index (χ0) is 13.9. The highest BCUT2D eigenvalue weighted by molar-refractivity contribution is 5.68. The van der Waals surface area contributed by atoms with Gasteiger partial charge in [0.05, 0.1) is 11.4 Å². The van der Waals surface area contributed by atoms with Gasteiger partial charge in [0.15, 0.2) is 0 Å². The molecule has 2 aromatic carbocycles. The fraction of sp³-hybridized carbons (Fsp3) is 0.167. The van der Waals surface area contributed by atoms with Crippen LogP contribution in [0.2, 0.25) is 0 Å². The van der Waals surface area contributed by atoms with Gasteiger partial charge in [-0.25, -0.2) is 0 Å². The summed E-state index contributed by atoms with van der Waals surface area (Å²) in [5.74, 6) is 0.558. The molecule has 100 valence electrons. The zero-order valence-corrected chi connectivity index (χ0v) is 11.8. The summed E-state index contributed by atoms with van der Waals surface area (Å²) >= 11 is 0. The van der Waals surface area contributed by atoms with E-state index in [2.05, 4.69) is 66.5 Å². The number of aromatic nitrogens is 2. The van der Waals surface area contributed by atoms with E-state index in [0.29, 0.717) is 5.92 Å². The molecule has 0 amide bonds. The fourth-order valence-electron chi connectivity index (χ4n) is 2.27. The second kappa shape index (κ2) is 5.33. The van der Waals surface area contributed by atoms with E-state index in [1.165, 1.54) is 5.56 Å². The molecule has 20 heavy (non-hydrogen) atoms. The lowest BCUT2D eigenvalue weighted by molar-refractivity contribution is 0.867. The predicted octanol–water partition coefficient (Wildman–Crippen LogP) is 4.87. The van der Waals surface area contributed by atoms with Crippen molar-refractivity contribution in [1.29, 1.82) is 0 Å². The average Bonchev–Trinajstić information content (AvgIpc) is 2.98. The van der Waals surface area contributed by atoms with E-state index in [4.69, 9.17) is 0 Å². The lowest BCUT2D eigenvalue weighted by Crippen LogP contribution is -1.86. The molecule has 2 heteroatoms. The van der Waals surface area contributed by atoms with Gasteiger partial charge in [-0.15, -0.1) is 0 Å². The van der Waals surface area contributed by atoms with E-state index in [1.807, 2.05) is 18.2 Å². The Bertz CT molecular complexity index is 679. The highest BCUT2D eigenvalue weighted by atomic mass is 15.1. The van der Waals surface area contributed by atoms with Gasteiger partial charge in [0.1, 0.15) is 0 Å². The largest absolute Gasteiger partial charge is 0.277 e. The molecule has 2 nitrogen and oxygen atoms in total. The lowest BCUT2D eigenvalue weighted by Gasteiger charge is -2.05. The van der Waals surface area contributed by atoms with Gasteiger partial charge in [0.2, 0.25) is 0 Å². The second-order valence-corrected chi connectivity index (χ2v) is 5.31. The van der Waals surface area contributed by atoms with Crippen LogP contribution in [0.15, 0.2) is 60.7 Å². The Morgan fingerprint density at radius 1 is 0.850 bits per heavy atom. The number of aromatic amines is 1. The Labute approximate surface area is 119 Å². The topological polar surface area (TPSA) is 28.7 Å². The molecule has 0 aliphatic heterocycles. The maximum Gasteiger partial charge on any atom is 0.0927 e. The van der Waals surface area contributed by atoms with Gasteiger partial charge < -0.3 is 0 Å². The summed E-state index contributed by atoms with van der Waals surface area (Å²) < 4.78 is 0. The van der Waals surface area contributed by atoms with Crippen LogP contribution in [0, 0.1) is 0 Å². The highest BCUT2D eigenvalue weighted by Crippen LogP contribution is 2.25. The lowest BCUT2D eigenvalue weighted by atomic mass is 10.0. The van der Waals surface area contributed by atoms with Crippen LogP contribution in [-0.2, 0) is 0 Å². The standard InChI is InChI=1S/C18H18N2/c1-13(2)14-8-10-16(11-9-14)18-12-17(19-20-18)15-6-4-3-5-7-15/h3-13H,1-2H3,(H,19,20). The van der Waals surface area contributed by atoms with Crippen molar-refractivity contribution in [2.75, 3.05) is 0 Å². The molecule has 1 heterocycles. The molecule has 0 spiro atoms. The summed E-state index contributed by atoms with van der Waals surface area (Å²) in [6, 6.07) is 21.0. The van der Waals surface area contributed by atoms with E-state index in [-0.39, 0.29) is 0 Å². The zero-order valence-electron chi connectivity index (χ0n) is 11.8. The average molecular weight is 262 g/mol. The van der Waals surface area contributed by atoms with Crippen molar-refractivity contribution >= 4 is 0 Å². The third-order valence-electron chi connectivity index (χ3n) is 3.54. The van der Waals surface area contributed by atoms with Crippen molar-refractivity contribution in [2.45, 2.75) is 19.8 Å². The number of nitrogens with zero attached hydrogens (tertiary/aromatic N) is 1. The monoisotopic (exact) mass is 262 g/mol. The minimum Gasteiger partial charge on any atom is -0.277 e. The van der Waals surface area contributed by atoms with Gasteiger partial charge in [-0.2, -0.15) is 5.10 Å². The number of benzene rings is 2. The Morgan fingerprint density at radius 2 is 1.55 bits per heavy atom. The van der Waals surface area contributed by atoms with Crippen LogP contribution in [0.4, 0.5) is 0 Å². The van der Waals surface area contributed by atoms with Crippen LogP contribution < -0.4 is 0 Å². The smallest absolute Gasteiger partial charge is 0.0927 e. The quantitative estimate of drug-likeness (QED) is 0.717. The van der Waals surface area contributed by atoms with Crippen LogP contribution in [0.25, 0.3) is 22.5 Å². The van der Waals surface area contributed by atoms with Gasteiger partial charge in [-0.1, -0.05) is 68.4 Å². The molecule has 0 saturated carbocycles. The van der Waals surface area contributed by atoms with Crippen LogP contribution >= 0.6 is 0 Å². The number of nitrogens with one attached hydrogen (secondary N) is 1. The molecule has 0 aliphatic carbocycles. The van der Waals surface area contributed by atoms with Crippen LogP contribution in [0.3, 0.4) is 0 Å². The van der Waals surface area contributed by atoms with Gasteiger partial charge in [-0.3, -0.25) is 5.10 Å². The van der Waals surface area contributed by atoms with E-state index < -0.39 is 0 Å². The van der Waals surface area contributed by atoms with E-state index in [0.717, 1.165) is 22.5 Å². The maximum absolute atomic E-state index is 4.41. The van der Waals surface area contributed by atoms with Crippen molar-refractivity contribution in [1.82, 2.24) is 10.2 Å². The Balaban J connectivity index is 1.90. The maximum atomic E-state index is 4.41. The molecule has 0 unspecified atom stereocenters. The predicted molar refractivity (Wildman–Crippen MR) is 83.5 cm³/mol. The summed E-state index contributed by atoms with van der Waals surface area (Å²) in [4.78, 5) is 0. The van der Waals surface area contributed by atoms with Gasteiger partial charge in [0, 0.05) is 5.56 Å². The molecule has 1 N–H and O–H groups in total. The first-order valence-corrected chi connectivity index (χ1v) is 6.95. The normalized spacial score (nSPS) is 10.9. The number of hydrogen-bond donors (Lipinski definition) is 1. The van der Waals surface area contributed by atoms with Gasteiger partial charge in [-0.05, 0) is 23.1 Å². The molecule has 0 fully saturated rings. The Hall–Kier alpha value is -2.35. The van der Waals surface area contributed by atoms with Crippen molar-refractivity contribution < 1.29 is 0 Å². The first-order valence-electron chi connectivity index (χ1n) is 6.95. The number of H-pyrrole nitrogens is 1. The molecule has 0 atom stereocenters. The Morgan fingerprint density at radius 3 is 2.20 bits per heavy atom. The van der Waals surface area contributed by atoms with Gasteiger partial charge >= 0.3 is 0 Å². The van der Waals surface area contributed by atoms with E-state index >= 15 is 0 Å². The second-order valence-electron chi connectivity index (χ2n) is 5.31. The van der Waals surface area contributed by atoms with Crippen LogP contribution in [0.5, 0.6) is 0 Å². The molecule has 0 bridgehead atoms. The molecule has 0 aliphatic rings. The fourth-order valence-corrected chi connectivity index (χ4v) is 2.27. The summed E-state index contributed by atoms with van der Waals surface area (Å²) in [5.41, 5.74) is 5.69.